The van der Waals surface area contributed by atoms with Crippen LogP contribution in [-0.2, 0) is 0 Å². The molecule has 2 aromatic carbocycles. The van der Waals surface area contributed by atoms with Gasteiger partial charge in [0.2, 0.25) is 11.7 Å². The number of nitrogens with two attached hydrogens (primary N) is 1. The zero-order chi connectivity index (χ0) is 29.4. The average Bonchev–Trinajstić information content (AvgIpc) is 3.34. The van der Waals surface area contributed by atoms with Crippen LogP contribution in [0.2, 0.25) is 0 Å². The lowest BCUT2D eigenvalue weighted by atomic mass is 10.1. The lowest BCUT2D eigenvalue weighted by molar-refractivity contribution is 0.0990. The third-order valence-electron chi connectivity index (χ3n) is 6.39. The maximum Gasteiger partial charge on any atom is 0.412 e. The van der Waals surface area contributed by atoms with Gasteiger partial charge in [-0.3, -0.25) is 9.69 Å². The highest BCUT2D eigenvalue weighted by Gasteiger charge is 2.29. The number of halogens is 1. The number of carbonyl (C=O) groups excluding carboxylic acids is 1. The van der Waals surface area contributed by atoms with Crippen molar-refractivity contribution in [2.45, 2.75) is 32.9 Å². The van der Waals surface area contributed by atoms with Crippen LogP contribution in [0, 0.1) is 12.7 Å². The minimum absolute atomic E-state index is 0.0589. The number of aryl methyl sites for hydroxylation is 1. The fourth-order valence-electron chi connectivity index (χ4n) is 4.25. The first-order valence-corrected chi connectivity index (χ1v) is 13.1. The number of nitrogens with zero attached hydrogens (tertiary/aromatic N) is 6. The van der Waals surface area contributed by atoms with Crippen molar-refractivity contribution in [3.63, 3.8) is 0 Å². The lowest BCUT2D eigenvalue weighted by Gasteiger charge is -2.30. The number of fused-ring (bicyclic) bond motifs is 2. The predicted molar refractivity (Wildman–Crippen MR) is 150 cm³/mol. The summed E-state index contributed by atoms with van der Waals surface area (Å²) in [6, 6.07) is 5.86. The lowest BCUT2D eigenvalue weighted by Crippen LogP contribution is -2.46. The number of hydrogen-bond acceptors (Lipinski definition) is 10. The first-order valence-electron chi connectivity index (χ1n) is 12.3. The summed E-state index contributed by atoms with van der Waals surface area (Å²) in [6.07, 6.45) is 1.77. The van der Waals surface area contributed by atoms with E-state index in [9.17, 15) is 14.7 Å². The Morgan fingerprint density at radius 2 is 1.78 bits per heavy atom. The summed E-state index contributed by atoms with van der Waals surface area (Å²) in [6.45, 7) is 5.15. The first-order chi connectivity index (χ1) is 19.5. The van der Waals surface area contributed by atoms with E-state index >= 15 is 4.39 Å². The number of hydrogen-bond donors (Lipinski definition) is 2. The predicted octanol–water partition coefficient (Wildman–Crippen LogP) is 4.59. The minimum Gasteiger partial charge on any atom is -0.485 e. The van der Waals surface area contributed by atoms with Crippen LogP contribution in [0.5, 0.6) is 11.6 Å². The van der Waals surface area contributed by atoms with E-state index < -0.39 is 30.0 Å². The number of amides is 2. The second-order valence-electron chi connectivity index (χ2n) is 9.21. The van der Waals surface area contributed by atoms with Gasteiger partial charge in [0.25, 0.3) is 5.91 Å². The number of ether oxygens (including phenoxy) is 2. The maximum atomic E-state index is 15.2. The van der Waals surface area contributed by atoms with Crippen LogP contribution in [0.3, 0.4) is 0 Å². The number of carboxylic acid groups (broad SMARTS) is 1. The molecule has 0 spiro atoms. The molecule has 3 heterocycles. The second kappa shape index (κ2) is 10.9. The van der Waals surface area contributed by atoms with Crippen LogP contribution in [0.25, 0.3) is 31.8 Å². The molecule has 210 valence electrons. The Morgan fingerprint density at radius 1 is 1.05 bits per heavy atom. The molecule has 0 bridgehead atoms. The molecule has 0 fully saturated rings. The van der Waals surface area contributed by atoms with Gasteiger partial charge in [-0.25, -0.2) is 34.1 Å². The van der Waals surface area contributed by atoms with Crippen LogP contribution < -0.4 is 20.1 Å². The summed E-state index contributed by atoms with van der Waals surface area (Å²) in [7, 11) is 1.52. The van der Waals surface area contributed by atoms with Gasteiger partial charge in [0.15, 0.2) is 11.6 Å². The summed E-state index contributed by atoms with van der Waals surface area (Å²) in [4.78, 5) is 45.5. The molecule has 0 saturated carbocycles. The van der Waals surface area contributed by atoms with Gasteiger partial charge in [-0.2, -0.15) is 0 Å². The van der Waals surface area contributed by atoms with Crippen LogP contribution in [0.15, 0.2) is 42.9 Å². The van der Waals surface area contributed by atoms with Crippen LogP contribution in [0.4, 0.5) is 14.9 Å². The van der Waals surface area contributed by atoms with Crippen molar-refractivity contribution in [2.24, 2.45) is 5.73 Å². The number of benzene rings is 2. The number of primary amides is 1. The van der Waals surface area contributed by atoms with Crippen molar-refractivity contribution in [1.82, 2.24) is 24.9 Å². The Morgan fingerprint density at radius 3 is 2.44 bits per heavy atom. The smallest absolute Gasteiger partial charge is 0.412 e. The molecule has 0 aliphatic rings. The van der Waals surface area contributed by atoms with E-state index in [-0.39, 0.29) is 17.3 Å². The largest absolute Gasteiger partial charge is 0.485 e. The zero-order valence-corrected chi connectivity index (χ0v) is 23.1. The molecule has 3 aromatic heterocycles. The molecule has 5 aromatic rings. The molecular formula is C27H24FN7O5S. The van der Waals surface area contributed by atoms with E-state index in [4.69, 9.17) is 15.2 Å². The Balaban J connectivity index is 1.44. The van der Waals surface area contributed by atoms with Crippen LogP contribution >= 0.6 is 11.3 Å². The van der Waals surface area contributed by atoms with E-state index in [1.54, 1.807) is 13.8 Å². The molecule has 0 aliphatic heterocycles. The fraction of sp³-hybridized carbons (Fsp3) is 0.222. The molecule has 12 nitrogen and oxygen atoms in total. The van der Waals surface area contributed by atoms with Gasteiger partial charge in [0.05, 0.1) is 58.7 Å². The van der Waals surface area contributed by atoms with Gasteiger partial charge in [-0.05, 0) is 38.5 Å². The number of methoxy groups -OCH3 is 1. The molecule has 3 N–H and O–H groups in total. The summed E-state index contributed by atoms with van der Waals surface area (Å²) >= 11 is 1.34. The van der Waals surface area contributed by atoms with E-state index in [2.05, 4.69) is 24.9 Å². The Labute approximate surface area is 236 Å². The molecule has 2 amide bonds. The summed E-state index contributed by atoms with van der Waals surface area (Å²) in [5.74, 6) is -1.41. The number of carbonyl (C=O) groups is 2. The summed E-state index contributed by atoms with van der Waals surface area (Å²) in [5.41, 5.74) is 8.68. The molecule has 41 heavy (non-hydrogen) atoms. The standard InChI is InChI=1S/C27H24FN7O5S/c1-12-5-16(23-19(6-12)33-22(39-4)11-30-23)26-34-18-7-17(28)20(8-21(18)41-26)40-14(3)13(2)35(27(37)38)15-9-31-25(24(29)36)32-10-15/h5-11,13-14H,1-4H3,(H2,29,36)(H,37,38). The number of aromatic nitrogens is 5. The van der Waals surface area contributed by atoms with Gasteiger partial charge < -0.3 is 20.3 Å². The average molecular weight is 578 g/mol. The number of anilines is 1. The Hall–Kier alpha value is -4.98. The fourth-order valence-corrected chi connectivity index (χ4v) is 5.24. The molecule has 2 atom stereocenters. The maximum absolute atomic E-state index is 15.2. The van der Waals surface area contributed by atoms with Gasteiger partial charge >= 0.3 is 6.09 Å². The molecule has 5 rings (SSSR count). The van der Waals surface area contributed by atoms with E-state index in [1.807, 2.05) is 19.1 Å². The van der Waals surface area contributed by atoms with Crippen molar-refractivity contribution in [1.29, 1.82) is 0 Å². The number of rotatable bonds is 8. The molecule has 0 radical (unpaired) electrons. The minimum atomic E-state index is -1.31. The van der Waals surface area contributed by atoms with Gasteiger partial charge in [-0.1, -0.05) is 0 Å². The topological polar surface area (TPSA) is 167 Å². The summed E-state index contributed by atoms with van der Waals surface area (Å²) in [5, 5.41) is 10.5. The van der Waals surface area contributed by atoms with Crippen LogP contribution in [-0.4, -0.2) is 61.3 Å². The third kappa shape index (κ3) is 5.41. The van der Waals surface area contributed by atoms with Gasteiger partial charge in [0, 0.05) is 17.7 Å². The zero-order valence-electron chi connectivity index (χ0n) is 22.3. The van der Waals surface area contributed by atoms with Gasteiger partial charge in [-0.15, -0.1) is 11.3 Å². The van der Waals surface area contributed by atoms with Gasteiger partial charge in [0.1, 0.15) is 11.1 Å². The molecule has 0 aliphatic carbocycles. The van der Waals surface area contributed by atoms with Crippen molar-refractivity contribution < 1.29 is 28.6 Å². The molecule has 2 unspecified atom stereocenters. The SMILES string of the molecule is COc1cnc2c(-c3nc4cc(F)c(OC(C)C(C)N(C(=O)O)c5cnc(C(N)=O)nc5)cc4s3)cc(C)cc2n1. The number of thiazole rings is 1. The molecule has 0 saturated heterocycles. The van der Waals surface area contributed by atoms with E-state index in [1.165, 1.54) is 49.2 Å². The highest BCUT2D eigenvalue weighted by Crippen LogP contribution is 2.37. The van der Waals surface area contributed by atoms with Crippen molar-refractivity contribution >= 4 is 50.3 Å². The Kier molecular flexibility index (Phi) is 7.32. The molecular weight excluding hydrogens is 553 g/mol. The highest BCUT2D eigenvalue weighted by atomic mass is 32.1. The Bertz CT molecular complexity index is 1800. The second-order valence-corrected chi connectivity index (χ2v) is 10.2. The van der Waals surface area contributed by atoms with E-state index in [0.29, 0.717) is 32.1 Å². The van der Waals surface area contributed by atoms with E-state index in [0.717, 1.165) is 16.0 Å². The first kappa shape index (κ1) is 27.6. The normalized spacial score (nSPS) is 12.7. The van der Waals surface area contributed by atoms with Crippen molar-refractivity contribution in [3.05, 3.63) is 60.1 Å². The van der Waals surface area contributed by atoms with Crippen molar-refractivity contribution in [3.8, 4) is 22.2 Å². The highest BCUT2D eigenvalue weighted by molar-refractivity contribution is 7.21. The third-order valence-corrected chi connectivity index (χ3v) is 7.44. The van der Waals surface area contributed by atoms with Crippen molar-refractivity contribution in [2.75, 3.05) is 12.0 Å². The summed E-state index contributed by atoms with van der Waals surface area (Å²) < 4.78 is 26.9. The van der Waals surface area contributed by atoms with Crippen LogP contribution in [0.1, 0.15) is 30.0 Å². The quantitative estimate of drug-likeness (QED) is 0.266. The monoisotopic (exact) mass is 577 g/mol. The molecule has 14 heteroatoms.